The first-order valence-electron chi connectivity index (χ1n) is 5.31. The molecule has 0 amide bonds. The number of ether oxygens (including phenoxy) is 1. The molecule has 16 heavy (non-hydrogen) atoms. The van der Waals surface area contributed by atoms with Crippen LogP contribution in [0.2, 0.25) is 0 Å². The van der Waals surface area contributed by atoms with E-state index in [1.54, 1.807) is 6.08 Å². The second-order valence-electron chi connectivity index (χ2n) is 4.18. The maximum atomic E-state index is 11.8. The van der Waals surface area contributed by atoms with Gasteiger partial charge in [0.05, 0.1) is 12.5 Å². The van der Waals surface area contributed by atoms with Gasteiger partial charge in [-0.05, 0) is 25.8 Å². The highest BCUT2D eigenvalue weighted by molar-refractivity contribution is 5.82. The smallest absolute Gasteiger partial charge is 0.316 e. The maximum absolute atomic E-state index is 11.8. The first kappa shape index (κ1) is 12.5. The van der Waals surface area contributed by atoms with E-state index in [1.807, 2.05) is 38.1 Å². The van der Waals surface area contributed by atoms with Gasteiger partial charge in [-0.3, -0.25) is 4.79 Å². The molecule has 2 heteroatoms. The molecule has 0 spiro atoms. The second-order valence-corrected chi connectivity index (χ2v) is 4.18. The van der Waals surface area contributed by atoms with Crippen LogP contribution in [0.25, 0.3) is 0 Å². The minimum Gasteiger partial charge on any atom is -0.468 e. The maximum Gasteiger partial charge on any atom is 0.316 e. The van der Waals surface area contributed by atoms with E-state index in [2.05, 4.69) is 6.58 Å². The van der Waals surface area contributed by atoms with Crippen LogP contribution >= 0.6 is 0 Å². The van der Waals surface area contributed by atoms with Gasteiger partial charge in [0.15, 0.2) is 0 Å². The summed E-state index contributed by atoms with van der Waals surface area (Å²) in [6.07, 6.45) is 2.32. The van der Waals surface area contributed by atoms with E-state index in [-0.39, 0.29) is 5.97 Å². The van der Waals surface area contributed by atoms with Crippen LogP contribution in [0, 0.1) is 6.92 Å². The summed E-state index contributed by atoms with van der Waals surface area (Å²) in [5.41, 5.74) is 1.50. The van der Waals surface area contributed by atoms with Crippen molar-refractivity contribution in [1.29, 1.82) is 0 Å². The Morgan fingerprint density at radius 1 is 1.44 bits per heavy atom. The number of allylic oxidation sites excluding steroid dienone is 1. The van der Waals surface area contributed by atoms with Crippen molar-refractivity contribution in [2.45, 2.75) is 25.7 Å². The molecule has 0 saturated carbocycles. The van der Waals surface area contributed by atoms with Gasteiger partial charge in [0.25, 0.3) is 0 Å². The van der Waals surface area contributed by atoms with Gasteiger partial charge >= 0.3 is 5.97 Å². The summed E-state index contributed by atoms with van der Waals surface area (Å²) < 4.78 is 4.87. The number of methoxy groups -OCH3 is 1. The summed E-state index contributed by atoms with van der Waals surface area (Å²) in [5, 5.41) is 0. The van der Waals surface area contributed by atoms with E-state index in [9.17, 15) is 4.79 Å². The molecule has 1 aromatic rings. The SMILES string of the molecule is C=CCC(C)(C(=O)OC)c1ccc(C)cc1. The molecule has 0 saturated heterocycles. The quantitative estimate of drug-likeness (QED) is 0.573. The minimum absolute atomic E-state index is 0.226. The molecular weight excluding hydrogens is 200 g/mol. The van der Waals surface area contributed by atoms with Crippen molar-refractivity contribution in [3.63, 3.8) is 0 Å². The van der Waals surface area contributed by atoms with Gasteiger partial charge in [-0.1, -0.05) is 35.9 Å². The lowest BCUT2D eigenvalue weighted by atomic mass is 9.79. The fourth-order valence-corrected chi connectivity index (χ4v) is 1.75. The fraction of sp³-hybridized carbons (Fsp3) is 0.357. The third kappa shape index (κ3) is 2.32. The Morgan fingerprint density at radius 3 is 2.44 bits per heavy atom. The summed E-state index contributed by atoms with van der Waals surface area (Å²) >= 11 is 0. The Morgan fingerprint density at radius 2 is 2.00 bits per heavy atom. The monoisotopic (exact) mass is 218 g/mol. The molecule has 0 fully saturated rings. The van der Waals surface area contributed by atoms with Gasteiger partial charge < -0.3 is 4.74 Å². The summed E-state index contributed by atoms with van der Waals surface area (Å²) in [6.45, 7) is 7.60. The molecule has 1 unspecified atom stereocenters. The van der Waals surface area contributed by atoms with Crippen LogP contribution in [-0.2, 0) is 14.9 Å². The van der Waals surface area contributed by atoms with Crippen LogP contribution in [0.4, 0.5) is 0 Å². The van der Waals surface area contributed by atoms with E-state index in [4.69, 9.17) is 4.74 Å². The van der Waals surface area contributed by atoms with Crippen molar-refractivity contribution < 1.29 is 9.53 Å². The van der Waals surface area contributed by atoms with Gasteiger partial charge in [-0.25, -0.2) is 0 Å². The lowest BCUT2D eigenvalue weighted by Gasteiger charge is -2.25. The average molecular weight is 218 g/mol. The number of hydrogen-bond donors (Lipinski definition) is 0. The van der Waals surface area contributed by atoms with Crippen LogP contribution in [0.1, 0.15) is 24.5 Å². The van der Waals surface area contributed by atoms with Crippen molar-refractivity contribution in [3.05, 3.63) is 48.0 Å². The molecule has 0 aliphatic heterocycles. The lowest BCUT2D eigenvalue weighted by molar-refractivity contribution is -0.146. The lowest BCUT2D eigenvalue weighted by Crippen LogP contribution is -2.33. The van der Waals surface area contributed by atoms with Crippen molar-refractivity contribution in [2.75, 3.05) is 7.11 Å². The molecule has 0 bridgehead atoms. The Bertz CT molecular complexity index is 378. The van der Waals surface area contributed by atoms with E-state index in [1.165, 1.54) is 12.7 Å². The van der Waals surface area contributed by atoms with E-state index >= 15 is 0 Å². The molecule has 0 radical (unpaired) electrons. The molecule has 0 aliphatic rings. The topological polar surface area (TPSA) is 26.3 Å². The molecule has 0 N–H and O–H groups in total. The fourth-order valence-electron chi connectivity index (χ4n) is 1.75. The Labute approximate surface area is 96.9 Å². The highest BCUT2D eigenvalue weighted by Crippen LogP contribution is 2.29. The van der Waals surface area contributed by atoms with Gasteiger partial charge in [0, 0.05) is 0 Å². The van der Waals surface area contributed by atoms with E-state index in [0.717, 1.165) is 5.56 Å². The van der Waals surface area contributed by atoms with Crippen molar-refractivity contribution in [2.24, 2.45) is 0 Å². The van der Waals surface area contributed by atoms with Crippen LogP contribution in [0.15, 0.2) is 36.9 Å². The first-order valence-corrected chi connectivity index (χ1v) is 5.31. The highest BCUT2D eigenvalue weighted by atomic mass is 16.5. The number of carbonyl (C=O) groups is 1. The van der Waals surface area contributed by atoms with Crippen molar-refractivity contribution >= 4 is 5.97 Å². The summed E-state index contributed by atoms with van der Waals surface area (Å²) in [7, 11) is 1.41. The largest absolute Gasteiger partial charge is 0.468 e. The predicted octanol–water partition coefficient (Wildman–Crippen LogP) is 3.00. The number of aryl methyl sites for hydroxylation is 1. The zero-order valence-electron chi connectivity index (χ0n) is 10.1. The average Bonchev–Trinajstić information content (AvgIpc) is 2.29. The summed E-state index contributed by atoms with van der Waals surface area (Å²) in [5.74, 6) is -0.226. The molecule has 1 atom stereocenters. The van der Waals surface area contributed by atoms with Gasteiger partial charge in [0.2, 0.25) is 0 Å². The molecular formula is C14H18O2. The van der Waals surface area contributed by atoms with Crippen LogP contribution in [-0.4, -0.2) is 13.1 Å². The molecule has 1 aromatic carbocycles. The minimum atomic E-state index is -0.635. The van der Waals surface area contributed by atoms with Crippen molar-refractivity contribution in [3.8, 4) is 0 Å². The Kier molecular flexibility index (Phi) is 3.88. The van der Waals surface area contributed by atoms with Gasteiger partial charge in [-0.15, -0.1) is 6.58 Å². The molecule has 2 nitrogen and oxygen atoms in total. The zero-order chi connectivity index (χ0) is 12.2. The van der Waals surface area contributed by atoms with Crippen LogP contribution in [0.3, 0.4) is 0 Å². The van der Waals surface area contributed by atoms with E-state index in [0.29, 0.717) is 6.42 Å². The molecule has 0 heterocycles. The normalized spacial score (nSPS) is 13.9. The first-order chi connectivity index (χ1) is 7.54. The number of esters is 1. The highest BCUT2D eigenvalue weighted by Gasteiger charge is 2.34. The summed E-state index contributed by atoms with van der Waals surface area (Å²) in [6, 6.07) is 7.94. The number of benzene rings is 1. The van der Waals surface area contributed by atoms with Crippen LogP contribution in [0.5, 0.6) is 0 Å². The standard InChI is InChI=1S/C14H18O2/c1-5-10-14(3,13(15)16-4)12-8-6-11(2)7-9-12/h5-9H,1,10H2,2-4H3. The Hall–Kier alpha value is -1.57. The third-order valence-electron chi connectivity index (χ3n) is 2.88. The number of rotatable bonds is 4. The second kappa shape index (κ2) is 4.97. The number of hydrogen-bond acceptors (Lipinski definition) is 2. The van der Waals surface area contributed by atoms with Crippen molar-refractivity contribution in [1.82, 2.24) is 0 Å². The predicted molar refractivity (Wildman–Crippen MR) is 65.4 cm³/mol. The molecule has 0 aromatic heterocycles. The third-order valence-corrected chi connectivity index (χ3v) is 2.88. The molecule has 0 aliphatic carbocycles. The van der Waals surface area contributed by atoms with E-state index < -0.39 is 5.41 Å². The molecule has 1 rings (SSSR count). The van der Waals surface area contributed by atoms with Gasteiger partial charge in [0.1, 0.15) is 0 Å². The Balaban J connectivity index is 3.15. The zero-order valence-corrected chi connectivity index (χ0v) is 10.1. The van der Waals surface area contributed by atoms with Crippen LogP contribution < -0.4 is 0 Å². The summed E-state index contributed by atoms with van der Waals surface area (Å²) in [4.78, 5) is 11.8. The molecule has 86 valence electrons. The van der Waals surface area contributed by atoms with Gasteiger partial charge in [-0.2, -0.15) is 0 Å². The number of carbonyl (C=O) groups excluding carboxylic acids is 1.